The van der Waals surface area contributed by atoms with Gasteiger partial charge in [-0.05, 0) is 12.1 Å². The fourth-order valence-corrected chi connectivity index (χ4v) is 1.91. The number of halogens is 1. The Hall–Kier alpha value is -0.540. The summed E-state index contributed by atoms with van der Waals surface area (Å²) in [6.07, 6.45) is 0. The van der Waals surface area contributed by atoms with E-state index in [1.807, 2.05) is 18.2 Å². The van der Waals surface area contributed by atoms with Crippen molar-refractivity contribution in [1.82, 2.24) is 0 Å². The molecule has 0 amide bonds. The van der Waals surface area contributed by atoms with Crippen LogP contribution in [0.3, 0.4) is 0 Å². The Morgan fingerprint density at radius 2 is 2.36 bits per heavy atom. The first-order chi connectivity index (χ1) is 5.29. The number of rotatable bonds is 0. The van der Waals surface area contributed by atoms with Gasteiger partial charge in [0.1, 0.15) is 12.4 Å². The minimum atomic E-state index is 0.0283. The number of nitrogens with two attached hydrogens (primary N) is 1. The van der Waals surface area contributed by atoms with Gasteiger partial charge >= 0.3 is 0 Å². The van der Waals surface area contributed by atoms with Crippen LogP contribution in [0.25, 0.3) is 0 Å². The smallest absolute Gasteiger partial charge is 0.125 e. The van der Waals surface area contributed by atoms with Gasteiger partial charge in [-0.25, -0.2) is 0 Å². The second-order valence-corrected chi connectivity index (χ2v) is 3.42. The third kappa shape index (κ3) is 1.04. The van der Waals surface area contributed by atoms with Crippen LogP contribution in [0.5, 0.6) is 5.75 Å². The zero-order chi connectivity index (χ0) is 7.84. The molecule has 1 aromatic rings. The second kappa shape index (κ2) is 2.50. The van der Waals surface area contributed by atoms with Crippen LogP contribution in [0.2, 0.25) is 0 Å². The average molecular weight is 214 g/mol. The maximum atomic E-state index is 5.79. The Bertz CT molecular complexity index is 287. The summed E-state index contributed by atoms with van der Waals surface area (Å²) in [6, 6.07) is 5.89. The lowest BCUT2D eigenvalue weighted by Gasteiger charge is -2.01. The van der Waals surface area contributed by atoms with E-state index in [9.17, 15) is 0 Å². The molecular formula is C8H8BrNO. The number of fused-ring (bicyclic) bond motifs is 1. The topological polar surface area (TPSA) is 35.2 Å². The second-order valence-electron chi connectivity index (χ2n) is 2.57. The minimum Gasteiger partial charge on any atom is -0.491 e. The van der Waals surface area contributed by atoms with Crippen LogP contribution >= 0.6 is 15.9 Å². The van der Waals surface area contributed by atoms with Crippen LogP contribution in [0.4, 0.5) is 0 Å². The summed E-state index contributed by atoms with van der Waals surface area (Å²) in [4.78, 5) is 0. The molecule has 11 heavy (non-hydrogen) atoms. The summed E-state index contributed by atoms with van der Waals surface area (Å²) in [6.45, 7) is 0.595. The normalized spacial score (nSPS) is 21.1. The zero-order valence-electron chi connectivity index (χ0n) is 5.88. The van der Waals surface area contributed by atoms with Crippen molar-refractivity contribution in [1.29, 1.82) is 0 Å². The minimum absolute atomic E-state index is 0.0283. The molecule has 1 aliphatic heterocycles. The number of ether oxygens (including phenoxy) is 1. The molecule has 58 valence electrons. The first-order valence-corrected chi connectivity index (χ1v) is 4.25. The summed E-state index contributed by atoms with van der Waals surface area (Å²) >= 11 is 3.43. The maximum absolute atomic E-state index is 5.79. The molecule has 0 saturated carbocycles. The Morgan fingerprint density at radius 3 is 3.09 bits per heavy atom. The molecule has 2 N–H and O–H groups in total. The summed E-state index contributed by atoms with van der Waals surface area (Å²) < 4.78 is 6.38. The van der Waals surface area contributed by atoms with Gasteiger partial charge in [0, 0.05) is 10.0 Å². The third-order valence-corrected chi connectivity index (χ3v) is 2.49. The molecule has 0 aliphatic carbocycles. The molecule has 0 aromatic heterocycles. The Labute approximate surface area is 73.5 Å². The lowest BCUT2D eigenvalue weighted by Crippen LogP contribution is -2.11. The highest BCUT2D eigenvalue weighted by molar-refractivity contribution is 9.10. The first kappa shape index (κ1) is 7.13. The van der Waals surface area contributed by atoms with E-state index in [1.54, 1.807) is 0 Å². The van der Waals surface area contributed by atoms with Gasteiger partial charge in [-0.3, -0.25) is 0 Å². The average Bonchev–Trinajstić information content (AvgIpc) is 2.34. The van der Waals surface area contributed by atoms with Crippen molar-refractivity contribution in [2.24, 2.45) is 5.73 Å². The molecule has 1 heterocycles. The summed E-state index contributed by atoms with van der Waals surface area (Å²) in [5.41, 5.74) is 6.88. The third-order valence-electron chi connectivity index (χ3n) is 1.80. The van der Waals surface area contributed by atoms with Crippen molar-refractivity contribution in [2.45, 2.75) is 6.04 Å². The molecule has 2 nitrogen and oxygen atoms in total. The molecule has 1 unspecified atom stereocenters. The fourth-order valence-electron chi connectivity index (χ4n) is 1.27. The zero-order valence-corrected chi connectivity index (χ0v) is 7.47. The number of hydrogen-bond acceptors (Lipinski definition) is 2. The molecule has 0 spiro atoms. The Balaban J connectivity index is 2.58. The van der Waals surface area contributed by atoms with Gasteiger partial charge in [-0.15, -0.1) is 0 Å². The van der Waals surface area contributed by atoms with Gasteiger partial charge in [-0.2, -0.15) is 0 Å². The highest BCUT2D eigenvalue weighted by Crippen LogP contribution is 2.36. The molecule has 0 radical (unpaired) electrons. The van der Waals surface area contributed by atoms with Gasteiger partial charge in [-0.1, -0.05) is 22.0 Å². The molecule has 1 aromatic carbocycles. The monoisotopic (exact) mass is 213 g/mol. The van der Waals surface area contributed by atoms with Crippen molar-refractivity contribution in [3.63, 3.8) is 0 Å². The molecule has 1 aliphatic rings. The van der Waals surface area contributed by atoms with Gasteiger partial charge in [0.15, 0.2) is 0 Å². The van der Waals surface area contributed by atoms with Crippen LogP contribution in [0.15, 0.2) is 22.7 Å². The van der Waals surface area contributed by atoms with E-state index in [2.05, 4.69) is 15.9 Å². The van der Waals surface area contributed by atoms with Crippen LogP contribution in [0, 0.1) is 0 Å². The highest BCUT2D eigenvalue weighted by atomic mass is 79.9. The molecule has 0 fully saturated rings. The predicted molar refractivity (Wildman–Crippen MR) is 46.6 cm³/mol. The molecule has 3 heteroatoms. The summed E-state index contributed by atoms with van der Waals surface area (Å²) in [7, 11) is 0. The molecule has 0 saturated heterocycles. The number of benzene rings is 1. The standard InChI is InChI=1S/C8H8BrNO/c9-5-2-1-3-7-8(5)6(10)4-11-7/h1-3,6H,4,10H2. The molecule has 0 bridgehead atoms. The van der Waals surface area contributed by atoms with Crippen LogP contribution in [0.1, 0.15) is 11.6 Å². The Morgan fingerprint density at radius 1 is 1.55 bits per heavy atom. The van der Waals surface area contributed by atoms with E-state index in [0.717, 1.165) is 15.8 Å². The quantitative estimate of drug-likeness (QED) is 0.715. The molecular weight excluding hydrogens is 206 g/mol. The van der Waals surface area contributed by atoms with E-state index in [0.29, 0.717) is 6.61 Å². The van der Waals surface area contributed by atoms with E-state index in [4.69, 9.17) is 10.5 Å². The SMILES string of the molecule is NC1COc2cccc(Br)c21. The molecule has 1 atom stereocenters. The van der Waals surface area contributed by atoms with Crippen molar-refractivity contribution in [2.75, 3.05) is 6.61 Å². The number of hydrogen-bond donors (Lipinski definition) is 1. The largest absolute Gasteiger partial charge is 0.491 e. The van der Waals surface area contributed by atoms with E-state index in [1.165, 1.54) is 0 Å². The summed E-state index contributed by atoms with van der Waals surface area (Å²) in [5.74, 6) is 0.909. The highest BCUT2D eigenvalue weighted by Gasteiger charge is 2.22. The lowest BCUT2D eigenvalue weighted by atomic mass is 10.1. The summed E-state index contributed by atoms with van der Waals surface area (Å²) in [5, 5.41) is 0. The van der Waals surface area contributed by atoms with E-state index in [-0.39, 0.29) is 6.04 Å². The van der Waals surface area contributed by atoms with E-state index >= 15 is 0 Å². The van der Waals surface area contributed by atoms with Crippen LogP contribution in [-0.4, -0.2) is 6.61 Å². The van der Waals surface area contributed by atoms with Gasteiger partial charge in [0.2, 0.25) is 0 Å². The maximum Gasteiger partial charge on any atom is 0.125 e. The fraction of sp³-hybridized carbons (Fsp3) is 0.250. The van der Waals surface area contributed by atoms with Crippen molar-refractivity contribution >= 4 is 15.9 Å². The van der Waals surface area contributed by atoms with E-state index < -0.39 is 0 Å². The first-order valence-electron chi connectivity index (χ1n) is 3.46. The van der Waals surface area contributed by atoms with Crippen LogP contribution < -0.4 is 10.5 Å². The predicted octanol–water partition coefficient (Wildman–Crippen LogP) is 1.84. The van der Waals surface area contributed by atoms with Gasteiger partial charge < -0.3 is 10.5 Å². The van der Waals surface area contributed by atoms with Crippen LogP contribution in [-0.2, 0) is 0 Å². The van der Waals surface area contributed by atoms with Gasteiger partial charge in [0.05, 0.1) is 6.04 Å². The molecule has 2 rings (SSSR count). The van der Waals surface area contributed by atoms with Crippen molar-refractivity contribution in [3.05, 3.63) is 28.2 Å². The lowest BCUT2D eigenvalue weighted by molar-refractivity contribution is 0.333. The van der Waals surface area contributed by atoms with Gasteiger partial charge in [0.25, 0.3) is 0 Å². The van der Waals surface area contributed by atoms with Crippen molar-refractivity contribution in [3.8, 4) is 5.75 Å². The Kier molecular flexibility index (Phi) is 1.62. The van der Waals surface area contributed by atoms with Crippen molar-refractivity contribution < 1.29 is 4.74 Å².